The average Bonchev–Trinajstić information content (AvgIpc) is 2.65. The molecule has 3 nitrogen and oxygen atoms in total. The molecule has 0 fully saturated rings. The number of hydroxylamine groups is 1. The van der Waals surface area contributed by atoms with E-state index in [2.05, 4.69) is 10.3 Å². The summed E-state index contributed by atoms with van der Waals surface area (Å²) in [4.78, 5) is 4.26. The Kier molecular flexibility index (Phi) is 3.35. The van der Waals surface area contributed by atoms with Gasteiger partial charge in [0.05, 0.1) is 6.54 Å². The molecule has 1 aromatic carbocycles. The van der Waals surface area contributed by atoms with Gasteiger partial charge in [-0.2, -0.15) is 18.7 Å². The average molecular weight is 245 g/mol. The Morgan fingerprint density at radius 2 is 2.00 bits per heavy atom. The number of halogens is 3. The zero-order chi connectivity index (χ0) is 12.3. The number of furan rings is 1. The summed E-state index contributed by atoms with van der Waals surface area (Å²) in [7, 11) is 0. The van der Waals surface area contributed by atoms with E-state index in [0.29, 0.717) is 11.3 Å². The van der Waals surface area contributed by atoms with Gasteiger partial charge < -0.3 is 4.42 Å². The van der Waals surface area contributed by atoms with Gasteiger partial charge in [-0.15, -0.1) is 0 Å². The van der Waals surface area contributed by atoms with Gasteiger partial charge in [0.25, 0.3) is 0 Å². The van der Waals surface area contributed by atoms with E-state index in [1.165, 1.54) is 0 Å². The number of fused-ring (bicyclic) bond motifs is 1. The molecule has 0 aliphatic heterocycles. The number of hydrogen-bond donors (Lipinski definition) is 1. The van der Waals surface area contributed by atoms with Crippen LogP contribution in [-0.2, 0) is 11.4 Å². The minimum Gasteiger partial charge on any atom is -0.460 e. The van der Waals surface area contributed by atoms with Gasteiger partial charge in [-0.3, -0.25) is 4.84 Å². The van der Waals surface area contributed by atoms with Gasteiger partial charge in [0.1, 0.15) is 11.3 Å². The summed E-state index contributed by atoms with van der Waals surface area (Å²) >= 11 is 0. The van der Waals surface area contributed by atoms with Crippen molar-refractivity contribution in [1.29, 1.82) is 0 Å². The summed E-state index contributed by atoms with van der Waals surface area (Å²) < 4.78 is 40.7. The van der Waals surface area contributed by atoms with Gasteiger partial charge in [-0.25, -0.2) is 0 Å². The van der Waals surface area contributed by atoms with Crippen molar-refractivity contribution < 1.29 is 22.4 Å². The Morgan fingerprint density at radius 1 is 1.24 bits per heavy atom. The zero-order valence-electron chi connectivity index (χ0n) is 8.75. The number of benzene rings is 1. The molecule has 0 saturated heterocycles. The Labute approximate surface area is 95.1 Å². The Morgan fingerprint density at radius 3 is 2.71 bits per heavy atom. The first kappa shape index (κ1) is 11.9. The molecule has 0 bridgehead atoms. The normalized spacial score (nSPS) is 12.2. The Balaban J connectivity index is 1.87. The van der Waals surface area contributed by atoms with Crippen LogP contribution in [0.25, 0.3) is 11.0 Å². The van der Waals surface area contributed by atoms with Crippen molar-refractivity contribution in [2.75, 3.05) is 6.61 Å². The number of hydrogen-bond acceptors (Lipinski definition) is 3. The first-order valence-electron chi connectivity index (χ1n) is 4.93. The van der Waals surface area contributed by atoms with Crippen molar-refractivity contribution in [2.24, 2.45) is 0 Å². The van der Waals surface area contributed by atoms with Crippen LogP contribution in [0.4, 0.5) is 13.2 Å². The maximum atomic E-state index is 11.8. The summed E-state index contributed by atoms with van der Waals surface area (Å²) in [5.41, 5.74) is 2.90. The van der Waals surface area contributed by atoms with Gasteiger partial charge in [-0.1, -0.05) is 18.2 Å². The topological polar surface area (TPSA) is 34.4 Å². The second-order valence-corrected chi connectivity index (χ2v) is 3.48. The lowest BCUT2D eigenvalue weighted by Gasteiger charge is -2.06. The Hall–Kier alpha value is -1.53. The monoisotopic (exact) mass is 245 g/mol. The summed E-state index contributed by atoms with van der Waals surface area (Å²) in [5, 5.41) is 0.903. The summed E-state index contributed by atoms with van der Waals surface area (Å²) in [6, 6.07) is 9.08. The molecule has 0 saturated carbocycles. The second-order valence-electron chi connectivity index (χ2n) is 3.48. The maximum absolute atomic E-state index is 11.8. The van der Waals surface area contributed by atoms with Crippen LogP contribution in [0.2, 0.25) is 0 Å². The number of para-hydroxylation sites is 1. The van der Waals surface area contributed by atoms with Gasteiger partial charge in [0.15, 0.2) is 6.61 Å². The van der Waals surface area contributed by atoms with Crippen LogP contribution in [0.1, 0.15) is 5.76 Å². The molecule has 92 valence electrons. The van der Waals surface area contributed by atoms with Gasteiger partial charge >= 0.3 is 6.18 Å². The standard InChI is InChI=1S/C11H10F3NO2/c12-11(13,14)7-16-15-6-9-5-8-3-1-2-4-10(8)17-9/h1-5,15H,6-7H2. The van der Waals surface area contributed by atoms with E-state index < -0.39 is 12.8 Å². The van der Waals surface area contributed by atoms with Crippen molar-refractivity contribution in [2.45, 2.75) is 12.7 Å². The predicted molar refractivity (Wildman–Crippen MR) is 55.1 cm³/mol. The van der Waals surface area contributed by atoms with E-state index in [9.17, 15) is 13.2 Å². The smallest absolute Gasteiger partial charge is 0.413 e. The number of alkyl halides is 3. The van der Waals surface area contributed by atoms with Crippen molar-refractivity contribution >= 4 is 11.0 Å². The van der Waals surface area contributed by atoms with Crippen LogP contribution < -0.4 is 5.48 Å². The third-order valence-corrected chi connectivity index (χ3v) is 2.06. The Bertz CT molecular complexity index is 460. The third kappa shape index (κ3) is 3.47. The van der Waals surface area contributed by atoms with Crippen LogP contribution in [0.5, 0.6) is 0 Å². The highest BCUT2D eigenvalue weighted by molar-refractivity contribution is 5.77. The van der Waals surface area contributed by atoms with Crippen molar-refractivity contribution in [3.8, 4) is 0 Å². The highest BCUT2D eigenvalue weighted by Gasteiger charge is 2.27. The van der Waals surface area contributed by atoms with Crippen molar-refractivity contribution in [3.63, 3.8) is 0 Å². The van der Waals surface area contributed by atoms with E-state index in [-0.39, 0.29) is 6.54 Å². The molecule has 1 aromatic heterocycles. The van der Waals surface area contributed by atoms with Crippen LogP contribution in [-0.4, -0.2) is 12.8 Å². The van der Waals surface area contributed by atoms with Crippen LogP contribution in [0.3, 0.4) is 0 Å². The van der Waals surface area contributed by atoms with Gasteiger partial charge in [-0.05, 0) is 12.1 Å². The summed E-state index contributed by atoms with van der Waals surface area (Å²) in [6.45, 7) is -1.24. The summed E-state index contributed by atoms with van der Waals surface area (Å²) in [5.74, 6) is 0.522. The largest absolute Gasteiger partial charge is 0.460 e. The quantitative estimate of drug-likeness (QED) is 0.664. The minimum atomic E-state index is -4.33. The van der Waals surface area contributed by atoms with Crippen LogP contribution in [0, 0.1) is 0 Å². The highest BCUT2D eigenvalue weighted by atomic mass is 19.4. The molecule has 0 radical (unpaired) electrons. The van der Waals surface area contributed by atoms with Crippen LogP contribution >= 0.6 is 0 Å². The lowest BCUT2D eigenvalue weighted by molar-refractivity contribution is -0.190. The zero-order valence-corrected chi connectivity index (χ0v) is 8.75. The number of nitrogens with one attached hydrogen (secondary N) is 1. The molecule has 0 aliphatic rings. The first-order chi connectivity index (χ1) is 8.04. The summed E-state index contributed by atoms with van der Waals surface area (Å²) in [6.07, 6.45) is -4.33. The molecule has 0 amide bonds. The fourth-order valence-electron chi connectivity index (χ4n) is 1.38. The van der Waals surface area contributed by atoms with E-state index in [4.69, 9.17) is 4.42 Å². The fourth-order valence-corrected chi connectivity index (χ4v) is 1.38. The molecular weight excluding hydrogens is 235 g/mol. The molecule has 2 rings (SSSR count). The molecule has 0 spiro atoms. The minimum absolute atomic E-state index is 0.0881. The molecule has 6 heteroatoms. The molecular formula is C11H10F3NO2. The van der Waals surface area contributed by atoms with E-state index in [1.54, 1.807) is 12.1 Å². The molecule has 1 heterocycles. The third-order valence-electron chi connectivity index (χ3n) is 2.06. The number of rotatable bonds is 4. The van der Waals surface area contributed by atoms with Gasteiger partial charge in [0.2, 0.25) is 0 Å². The maximum Gasteiger partial charge on any atom is 0.413 e. The molecule has 2 aromatic rings. The molecule has 0 unspecified atom stereocenters. The highest BCUT2D eigenvalue weighted by Crippen LogP contribution is 2.18. The second kappa shape index (κ2) is 4.77. The molecule has 17 heavy (non-hydrogen) atoms. The van der Waals surface area contributed by atoms with E-state index in [1.807, 2.05) is 18.2 Å². The lowest BCUT2D eigenvalue weighted by Crippen LogP contribution is -2.24. The first-order valence-corrected chi connectivity index (χ1v) is 4.93. The fraction of sp³-hybridized carbons (Fsp3) is 0.273. The van der Waals surface area contributed by atoms with Gasteiger partial charge in [0, 0.05) is 5.39 Å². The predicted octanol–water partition coefficient (Wildman–Crippen LogP) is 3.02. The lowest BCUT2D eigenvalue weighted by atomic mass is 10.2. The molecule has 0 atom stereocenters. The van der Waals surface area contributed by atoms with Crippen molar-refractivity contribution in [1.82, 2.24) is 5.48 Å². The molecule has 1 N–H and O–H groups in total. The SMILES string of the molecule is FC(F)(F)CONCc1cc2ccccc2o1. The van der Waals surface area contributed by atoms with Crippen molar-refractivity contribution in [3.05, 3.63) is 36.1 Å². The van der Waals surface area contributed by atoms with E-state index in [0.717, 1.165) is 5.39 Å². The molecule has 0 aliphatic carbocycles. The van der Waals surface area contributed by atoms with Crippen LogP contribution in [0.15, 0.2) is 34.7 Å². The van der Waals surface area contributed by atoms with E-state index >= 15 is 0 Å².